The first-order valence-electron chi connectivity index (χ1n) is 6.91. The fourth-order valence-corrected chi connectivity index (χ4v) is 2.56. The third-order valence-electron chi connectivity index (χ3n) is 3.30. The van der Waals surface area contributed by atoms with Gasteiger partial charge in [-0.05, 0) is 30.8 Å². The number of rotatable bonds is 3. The molecule has 1 atom stereocenters. The highest BCUT2D eigenvalue weighted by molar-refractivity contribution is 6.30. The third kappa shape index (κ3) is 3.74. The van der Waals surface area contributed by atoms with Crippen LogP contribution in [-0.4, -0.2) is 23.5 Å². The second-order valence-electron chi connectivity index (χ2n) is 5.07. The van der Waals surface area contributed by atoms with Gasteiger partial charge in [-0.15, -0.1) is 0 Å². The van der Waals surface area contributed by atoms with Crippen LogP contribution in [0.1, 0.15) is 31.4 Å². The molecule has 22 heavy (non-hydrogen) atoms. The van der Waals surface area contributed by atoms with Gasteiger partial charge >= 0.3 is 6.18 Å². The Morgan fingerprint density at radius 3 is 2.82 bits per heavy atom. The highest BCUT2D eigenvalue weighted by Gasteiger charge is 2.46. The number of hydrogen-bond acceptors (Lipinski definition) is 2. The monoisotopic (exact) mass is 332 g/mol. The molecule has 0 radical (unpaired) electrons. The Balaban J connectivity index is 2.51. The predicted molar refractivity (Wildman–Crippen MR) is 79.6 cm³/mol. The normalized spacial score (nSPS) is 19.0. The van der Waals surface area contributed by atoms with Crippen molar-refractivity contribution in [3.05, 3.63) is 41.1 Å². The van der Waals surface area contributed by atoms with Gasteiger partial charge in [0.25, 0.3) is 0 Å². The van der Waals surface area contributed by atoms with E-state index in [1.54, 1.807) is 6.08 Å². The second-order valence-corrected chi connectivity index (χ2v) is 5.51. The minimum absolute atomic E-state index is 0.0491. The van der Waals surface area contributed by atoms with Crippen molar-refractivity contribution in [3.63, 3.8) is 0 Å². The summed E-state index contributed by atoms with van der Waals surface area (Å²) in [5.41, 5.74) is 0.0927. The fraction of sp³-hybridized carbons (Fsp3) is 0.400. The summed E-state index contributed by atoms with van der Waals surface area (Å²) in [4.78, 5) is 12.9. The van der Waals surface area contributed by atoms with Crippen LogP contribution >= 0.6 is 11.6 Å². The van der Waals surface area contributed by atoms with Gasteiger partial charge in [-0.25, -0.2) is 0 Å². The van der Waals surface area contributed by atoms with Crippen molar-refractivity contribution in [3.8, 4) is 0 Å². The Kier molecular flexibility index (Phi) is 5.01. The zero-order valence-electron chi connectivity index (χ0n) is 12.0. The van der Waals surface area contributed by atoms with E-state index in [4.69, 9.17) is 11.6 Å². The molecular weight excluding hydrogens is 317 g/mol. The molecule has 3 nitrogen and oxygen atoms in total. The van der Waals surface area contributed by atoms with Crippen LogP contribution < -0.4 is 5.32 Å². The van der Waals surface area contributed by atoms with E-state index in [0.29, 0.717) is 6.42 Å². The van der Waals surface area contributed by atoms with Crippen molar-refractivity contribution in [1.29, 1.82) is 0 Å². The maximum atomic E-state index is 13.6. The Hall–Kier alpha value is -1.69. The summed E-state index contributed by atoms with van der Waals surface area (Å²) in [5.74, 6) is -0.489. The van der Waals surface area contributed by atoms with E-state index in [0.717, 1.165) is 11.3 Å². The molecule has 0 bridgehead atoms. The topological polar surface area (TPSA) is 32.3 Å². The van der Waals surface area contributed by atoms with E-state index in [1.807, 2.05) is 6.92 Å². The molecule has 1 aromatic rings. The lowest BCUT2D eigenvalue weighted by Crippen LogP contribution is -2.37. The number of hydrogen-bond donors (Lipinski definition) is 1. The molecule has 0 saturated heterocycles. The number of nitrogens with one attached hydrogen (secondary N) is 1. The largest absolute Gasteiger partial charge is 0.413 e. The van der Waals surface area contributed by atoms with Crippen LogP contribution in [0.4, 0.5) is 18.9 Å². The van der Waals surface area contributed by atoms with E-state index < -0.39 is 18.1 Å². The lowest BCUT2D eigenvalue weighted by atomic mass is 10.0. The molecule has 1 N–H and O–H groups in total. The number of benzene rings is 1. The van der Waals surface area contributed by atoms with Crippen LogP contribution in [0.3, 0.4) is 0 Å². The molecule has 2 rings (SSSR count). The molecule has 1 unspecified atom stereocenters. The number of carbonyl (C=O) groups is 1. The van der Waals surface area contributed by atoms with Gasteiger partial charge in [-0.3, -0.25) is 4.79 Å². The number of carbonyl (C=O) groups excluding carboxylic acids is 1. The number of halogens is 4. The first kappa shape index (κ1) is 16.7. The van der Waals surface area contributed by atoms with E-state index in [9.17, 15) is 18.0 Å². The number of unbranched alkanes of at least 4 members (excludes halogenated alkanes) is 1. The van der Waals surface area contributed by atoms with E-state index >= 15 is 0 Å². The SMILES string of the molecule is CCCC=CN1CC(=O)Nc2ccc(Cl)cc2C1C(F)(F)F. The molecule has 0 saturated carbocycles. The molecular formula is C15H16ClF3N2O. The van der Waals surface area contributed by atoms with Crippen molar-refractivity contribution in [1.82, 2.24) is 4.90 Å². The summed E-state index contributed by atoms with van der Waals surface area (Å²) in [6.07, 6.45) is -0.0815. The molecule has 1 heterocycles. The minimum Gasteiger partial charge on any atom is -0.353 e. The zero-order chi connectivity index (χ0) is 16.3. The van der Waals surface area contributed by atoms with Crippen LogP contribution in [0.2, 0.25) is 5.02 Å². The summed E-state index contributed by atoms with van der Waals surface area (Å²) in [7, 11) is 0. The maximum Gasteiger partial charge on any atom is 0.413 e. The number of alkyl halides is 3. The average molecular weight is 333 g/mol. The average Bonchev–Trinajstić information content (AvgIpc) is 2.53. The van der Waals surface area contributed by atoms with Crippen LogP contribution in [0.5, 0.6) is 0 Å². The fourth-order valence-electron chi connectivity index (χ4n) is 2.38. The summed E-state index contributed by atoms with van der Waals surface area (Å²) in [6, 6.07) is 2.19. The van der Waals surface area contributed by atoms with Crippen molar-refractivity contribution < 1.29 is 18.0 Å². The lowest BCUT2D eigenvalue weighted by Gasteiger charge is -2.30. The van der Waals surface area contributed by atoms with E-state index in [1.165, 1.54) is 24.4 Å². The number of anilines is 1. The molecule has 1 amide bonds. The van der Waals surface area contributed by atoms with Crippen LogP contribution in [-0.2, 0) is 4.79 Å². The number of allylic oxidation sites excluding steroid dienone is 1. The molecule has 120 valence electrons. The van der Waals surface area contributed by atoms with Gasteiger partial charge in [0, 0.05) is 16.3 Å². The quantitative estimate of drug-likeness (QED) is 0.883. The first-order chi connectivity index (χ1) is 10.3. The Bertz CT molecular complexity index is 587. The maximum absolute atomic E-state index is 13.6. The Morgan fingerprint density at radius 2 is 2.18 bits per heavy atom. The minimum atomic E-state index is -4.53. The number of fused-ring (bicyclic) bond motifs is 1. The van der Waals surface area contributed by atoms with Gasteiger partial charge < -0.3 is 10.2 Å². The van der Waals surface area contributed by atoms with Crippen LogP contribution in [0.25, 0.3) is 0 Å². The van der Waals surface area contributed by atoms with Crippen LogP contribution in [0, 0.1) is 0 Å². The molecule has 1 aromatic carbocycles. The summed E-state index contributed by atoms with van der Waals surface area (Å²) < 4.78 is 40.7. The Morgan fingerprint density at radius 1 is 1.45 bits per heavy atom. The molecule has 0 aromatic heterocycles. The molecule has 7 heteroatoms. The zero-order valence-corrected chi connectivity index (χ0v) is 12.7. The van der Waals surface area contributed by atoms with Gasteiger partial charge in [-0.1, -0.05) is 31.0 Å². The van der Waals surface area contributed by atoms with Gasteiger partial charge in [-0.2, -0.15) is 13.2 Å². The summed E-state index contributed by atoms with van der Waals surface area (Å²) in [6.45, 7) is 1.56. The van der Waals surface area contributed by atoms with Gasteiger partial charge in [0.2, 0.25) is 5.91 Å². The molecule has 0 fully saturated rings. The Labute approximate surface area is 131 Å². The van der Waals surface area contributed by atoms with Gasteiger partial charge in [0.15, 0.2) is 6.04 Å². The van der Waals surface area contributed by atoms with Gasteiger partial charge in [0.1, 0.15) is 0 Å². The third-order valence-corrected chi connectivity index (χ3v) is 3.54. The second kappa shape index (κ2) is 6.60. The highest BCUT2D eigenvalue weighted by Crippen LogP contribution is 2.43. The number of nitrogens with zero attached hydrogens (tertiary/aromatic N) is 1. The first-order valence-corrected chi connectivity index (χ1v) is 7.29. The molecule has 1 aliphatic heterocycles. The van der Waals surface area contributed by atoms with Crippen molar-refractivity contribution in [2.75, 3.05) is 11.9 Å². The van der Waals surface area contributed by atoms with Gasteiger partial charge in [0.05, 0.1) is 6.54 Å². The standard InChI is InChI=1S/C15H16ClF3N2O/c1-2-3-4-7-21-9-13(22)20-12-6-5-10(16)8-11(12)14(21)15(17,18)19/h4-8,14H,2-3,9H2,1H3,(H,20,22). The summed E-state index contributed by atoms with van der Waals surface area (Å²) in [5, 5.41) is 2.69. The lowest BCUT2D eigenvalue weighted by molar-refractivity contribution is -0.179. The van der Waals surface area contributed by atoms with E-state index in [2.05, 4.69) is 5.32 Å². The smallest absolute Gasteiger partial charge is 0.353 e. The van der Waals surface area contributed by atoms with Crippen molar-refractivity contribution in [2.24, 2.45) is 0 Å². The summed E-state index contributed by atoms with van der Waals surface area (Å²) >= 11 is 5.84. The number of amides is 1. The predicted octanol–water partition coefficient (Wildman–Crippen LogP) is 4.51. The highest BCUT2D eigenvalue weighted by atomic mass is 35.5. The van der Waals surface area contributed by atoms with Crippen LogP contribution in [0.15, 0.2) is 30.5 Å². The van der Waals surface area contributed by atoms with E-state index in [-0.39, 0.29) is 22.8 Å². The van der Waals surface area contributed by atoms with Crippen molar-refractivity contribution >= 4 is 23.2 Å². The van der Waals surface area contributed by atoms with Crippen molar-refractivity contribution in [2.45, 2.75) is 32.0 Å². The molecule has 0 aliphatic carbocycles. The molecule has 0 spiro atoms. The molecule has 1 aliphatic rings.